The first-order chi connectivity index (χ1) is 7.19. The second-order valence-electron chi connectivity index (χ2n) is 2.71. The summed E-state index contributed by atoms with van der Waals surface area (Å²) in [4.78, 5) is 14.1. The van der Waals surface area contributed by atoms with Crippen molar-refractivity contribution in [1.29, 1.82) is 0 Å². The van der Waals surface area contributed by atoms with Crippen LogP contribution in [0.25, 0.3) is 10.4 Å². The Hall–Kier alpha value is -1.71. The first-order valence-electron chi connectivity index (χ1n) is 4.32. The second-order valence-corrected chi connectivity index (χ2v) is 3.12. The van der Waals surface area contributed by atoms with Gasteiger partial charge in [0.05, 0.1) is 10.6 Å². The van der Waals surface area contributed by atoms with Gasteiger partial charge in [-0.05, 0) is 24.6 Å². The van der Waals surface area contributed by atoms with Gasteiger partial charge in [-0.2, -0.15) is 0 Å². The number of nitrogens with zero attached hydrogens (tertiary/aromatic N) is 3. The van der Waals surface area contributed by atoms with Crippen molar-refractivity contribution in [2.24, 2.45) is 5.11 Å². The molecule has 1 amide bonds. The average molecular weight is 225 g/mol. The van der Waals surface area contributed by atoms with E-state index in [4.69, 9.17) is 17.1 Å². The number of carbonyl (C=O) groups excluding carboxylic acids is 1. The third kappa shape index (κ3) is 2.87. The lowest BCUT2D eigenvalue weighted by molar-refractivity contribution is 0.0956. The first-order valence-corrected chi connectivity index (χ1v) is 4.69. The fourth-order valence-electron chi connectivity index (χ4n) is 1.06. The highest BCUT2D eigenvalue weighted by Crippen LogP contribution is 2.22. The van der Waals surface area contributed by atoms with Crippen LogP contribution in [0.5, 0.6) is 0 Å². The Balaban J connectivity index is 3.02. The maximum absolute atomic E-state index is 11.4. The maximum Gasteiger partial charge on any atom is 0.252 e. The van der Waals surface area contributed by atoms with Crippen molar-refractivity contribution >= 4 is 23.2 Å². The van der Waals surface area contributed by atoms with E-state index in [-0.39, 0.29) is 10.9 Å². The Morgan fingerprint density at radius 3 is 2.93 bits per heavy atom. The number of amides is 1. The molecule has 5 nitrogen and oxygen atoms in total. The molecule has 0 saturated carbocycles. The summed E-state index contributed by atoms with van der Waals surface area (Å²) in [6.07, 6.45) is 0. The van der Waals surface area contributed by atoms with Crippen LogP contribution in [-0.4, -0.2) is 12.5 Å². The van der Waals surface area contributed by atoms with E-state index in [0.29, 0.717) is 17.8 Å². The number of rotatable bonds is 3. The summed E-state index contributed by atoms with van der Waals surface area (Å²) in [6, 6.07) is 4.51. The second kappa shape index (κ2) is 5.24. The predicted octanol–water partition coefficient (Wildman–Crippen LogP) is 3.03. The standard InChI is InChI=1S/C9H9ClN4O/c1-2-12-9(15)7-4-3-6(13-14-11)5-8(7)10/h3-5H,2H2,1H3,(H,12,15). The minimum atomic E-state index is -0.241. The minimum Gasteiger partial charge on any atom is -0.352 e. The molecular weight excluding hydrogens is 216 g/mol. The molecule has 0 fully saturated rings. The van der Waals surface area contributed by atoms with Gasteiger partial charge in [0.2, 0.25) is 0 Å². The van der Waals surface area contributed by atoms with E-state index in [1.807, 2.05) is 6.92 Å². The van der Waals surface area contributed by atoms with E-state index >= 15 is 0 Å². The summed E-state index contributed by atoms with van der Waals surface area (Å²) in [5.74, 6) is -0.241. The topological polar surface area (TPSA) is 77.9 Å². The van der Waals surface area contributed by atoms with E-state index in [1.54, 1.807) is 0 Å². The van der Waals surface area contributed by atoms with Gasteiger partial charge in [0, 0.05) is 17.1 Å². The molecule has 0 unspecified atom stereocenters. The first kappa shape index (κ1) is 11.4. The van der Waals surface area contributed by atoms with Gasteiger partial charge in [0.15, 0.2) is 0 Å². The van der Waals surface area contributed by atoms with Crippen LogP contribution in [-0.2, 0) is 0 Å². The highest BCUT2D eigenvalue weighted by atomic mass is 35.5. The molecule has 78 valence electrons. The molecule has 0 radical (unpaired) electrons. The third-order valence-electron chi connectivity index (χ3n) is 1.69. The summed E-state index contributed by atoms with van der Waals surface area (Å²) in [6.45, 7) is 2.35. The quantitative estimate of drug-likeness (QED) is 0.478. The largest absolute Gasteiger partial charge is 0.352 e. The molecule has 1 aromatic carbocycles. The number of benzene rings is 1. The van der Waals surface area contributed by atoms with Crippen LogP contribution in [0.4, 0.5) is 5.69 Å². The number of halogens is 1. The lowest BCUT2D eigenvalue weighted by atomic mass is 10.2. The predicted molar refractivity (Wildman–Crippen MR) is 58.3 cm³/mol. The Bertz CT molecular complexity index is 426. The highest BCUT2D eigenvalue weighted by Gasteiger charge is 2.08. The van der Waals surface area contributed by atoms with Crippen LogP contribution in [0.15, 0.2) is 23.3 Å². The molecule has 0 aliphatic heterocycles. The molecule has 0 heterocycles. The van der Waals surface area contributed by atoms with Crippen LogP contribution in [0.3, 0.4) is 0 Å². The monoisotopic (exact) mass is 224 g/mol. The van der Waals surface area contributed by atoms with E-state index in [2.05, 4.69) is 15.3 Å². The average Bonchev–Trinajstić information content (AvgIpc) is 2.18. The van der Waals surface area contributed by atoms with Crippen molar-refractivity contribution < 1.29 is 4.79 Å². The number of hydrogen-bond acceptors (Lipinski definition) is 2. The Morgan fingerprint density at radius 2 is 2.40 bits per heavy atom. The van der Waals surface area contributed by atoms with Gasteiger partial charge >= 0.3 is 0 Å². The zero-order chi connectivity index (χ0) is 11.3. The molecule has 0 aliphatic rings. The molecule has 0 aromatic heterocycles. The van der Waals surface area contributed by atoms with Gasteiger partial charge in [0.25, 0.3) is 5.91 Å². The van der Waals surface area contributed by atoms with E-state index in [0.717, 1.165) is 0 Å². The van der Waals surface area contributed by atoms with Gasteiger partial charge in [-0.25, -0.2) is 0 Å². The number of nitrogens with one attached hydrogen (secondary N) is 1. The number of hydrogen-bond donors (Lipinski definition) is 1. The molecule has 15 heavy (non-hydrogen) atoms. The Kier molecular flexibility index (Phi) is 3.97. The minimum absolute atomic E-state index is 0.241. The van der Waals surface area contributed by atoms with Crippen molar-refractivity contribution in [1.82, 2.24) is 5.32 Å². The molecule has 0 atom stereocenters. The SMILES string of the molecule is CCNC(=O)c1ccc(N=[N+]=[N-])cc1Cl. The Labute approximate surface area is 91.7 Å². The van der Waals surface area contributed by atoms with Crippen LogP contribution in [0.2, 0.25) is 5.02 Å². The van der Waals surface area contributed by atoms with Crippen molar-refractivity contribution in [3.05, 3.63) is 39.2 Å². The third-order valence-corrected chi connectivity index (χ3v) is 2.01. The van der Waals surface area contributed by atoms with Crippen molar-refractivity contribution in [3.8, 4) is 0 Å². The summed E-state index contributed by atoms with van der Waals surface area (Å²) in [7, 11) is 0. The summed E-state index contributed by atoms with van der Waals surface area (Å²) in [5.41, 5.74) is 8.96. The molecular formula is C9H9ClN4O. The zero-order valence-electron chi connectivity index (χ0n) is 8.07. The molecule has 1 aromatic rings. The fourth-order valence-corrected chi connectivity index (χ4v) is 1.32. The van der Waals surface area contributed by atoms with Crippen molar-refractivity contribution in [2.45, 2.75) is 6.92 Å². The van der Waals surface area contributed by atoms with Gasteiger partial charge in [-0.1, -0.05) is 22.8 Å². The van der Waals surface area contributed by atoms with Crippen LogP contribution in [0, 0.1) is 0 Å². The van der Waals surface area contributed by atoms with Gasteiger partial charge in [0.1, 0.15) is 0 Å². The summed E-state index contributed by atoms with van der Waals surface area (Å²) < 4.78 is 0. The lowest BCUT2D eigenvalue weighted by Gasteiger charge is -2.04. The van der Waals surface area contributed by atoms with Crippen LogP contribution in [0.1, 0.15) is 17.3 Å². The van der Waals surface area contributed by atoms with Gasteiger partial charge in [-0.15, -0.1) is 0 Å². The van der Waals surface area contributed by atoms with Gasteiger partial charge in [-0.3, -0.25) is 4.79 Å². The lowest BCUT2D eigenvalue weighted by Crippen LogP contribution is -2.22. The molecule has 0 bridgehead atoms. The molecule has 1 rings (SSSR count). The van der Waals surface area contributed by atoms with Crippen LogP contribution >= 0.6 is 11.6 Å². The molecule has 6 heteroatoms. The highest BCUT2D eigenvalue weighted by molar-refractivity contribution is 6.34. The van der Waals surface area contributed by atoms with E-state index < -0.39 is 0 Å². The normalized spacial score (nSPS) is 9.20. The van der Waals surface area contributed by atoms with Crippen molar-refractivity contribution in [2.75, 3.05) is 6.54 Å². The molecule has 0 spiro atoms. The zero-order valence-corrected chi connectivity index (χ0v) is 8.82. The number of carbonyl (C=O) groups is 1. The number of azide groups is 1. The molecule has 0 saturated heterocycles. The Morgan fingerprint density at radius 1 is 1.67 bits per heavy atom. The smallest absolute Gasteiger partial charge is 0.252 e. The van der Waals surface area contributed by atoms with E-state index in [9.17, 15) is 4.79 Å². The maximum atomic E-state index is 11.4. The van der Waals surface area contributed by atoms with E-state index in [1.165, 1.54) is 18.2 Å². The summed E-state index contributed by atoms with van der Waals surface area (Å²) >= 11 is 5.85. The molecule has 0 aliphatic carbocycles. The fraction of sp³-hybridized carbons (Fsp3) is 0.222. The van der Waals surface area contributed by atoms with Crippen LogP contribution < -0.4 is 5.32 Å². The summed E-state index contributed by atoms with van der Waals surface area (Å²) in [5, 5.41) is 6.27. The van der Waals surface area contributed by atoms with Crippen molar-refractivity contribution in [3.63, 3.8) is 0 Å². The van der Waals surface area contributed by atoms with Gasteiger partial charge < -0.3 is 5.32 Å². The molecule has 1 N–H and O–H groups in total.